The highest BCUT2D eigenvalue weighted by Crippen LogP contribution is 2.31. The Bertz CT molecular complexity index is 667. The molecule has 2 aromatic rings. The fourth-order valence-electron chi connectivity index (χ4n) is 1.95. The molecule has 0 amide bonds. The summed E-state index contributed by atoms with van der Waals surface area (Å²) in [7, 11) is 1.73. The van der Waals surface area contributed by atoms with E-state index < -0.39 is 4.92 Å². The van der Waals surface area contributed by atoms with Gasteiger partial charge in [0, 0.05) is 18.7 Å². The van der Waals surface area contributed by atoms with Gasteiger partial charge in [0.25, 0.3) is 0 Å². The number of ether oxygens (including phenoxy) is 1. The molecule has 0 fully saturated rings. The number of nitrogens with zero attached hydrogens (tertiary/aromatic N) is 3. The largest absolute Gasteiger partial charge is 0.482 e. The van der Waals surface area contributed by atoms with Crippen LogP contribution in [0, 0.1) is 24.0 Å². The molecule has 0 radical (unpaired) electrons. The number of benzene rings is 1. The summed E-state index contributed by atoms with van der Waals surface area (Å²) in [6.07, 6.45) is 0. The van der Waals surface area contributed by atoms with Crippen molar-refractivity contribution in [2.24, 2.45) is 7.05 Å². The monoisotopic (exact) mass is 295 g/mol. The summed E-state index contributed by atoms with van der Waals surface area (Å²) in [6, 6.07) is 4.81. The van der Waals surface area contributed by atoms with Gasteiger partial charge in [-0.25, -0.2) is 0 Å². The smallest absolute Gasteiger partial charge is 0.311 e. The molecule has 0 aliphatic heterocycles. The first-order valence-corrected chi connectivity index (χ1v) is 6.34. The number of para-hydroxylation sites is 1. The molecule has 0 atom stereocenters. The van der Waals surface area contributed by atoms with Crippen LogP contribution in [0.3, 0.4) is 0 Å². The Balaban J connectivity index is 2.30. The van der Waals surface area contributed by atoms with Gasteiger partial charge in [-0.1, -0.05) is 23.7 Å². The minimum absolute atomic E-state index is 0.0531. The summed E-state index contributed by atoms with van der Waals surface area (Å²) in [5.41, 5.74) is 2.12. The Hall–Kier alpha value is -2.08. The Morgan fingerprint density at radius 1 is 1.45 bits per heavy atom. The molecule has 0 saturated heterocycles. The molecule has 0 spiro atoms. The fraction of sp³-hybridized carbons (Fsp3) is 0.308. The summed E-state index contributed by atoms with van der Waals surface area (Å²) < 4.78 is 7.15. The third-order valence-corrected chi connectivity index (χ3v) is 3.49. The van der Waals surface area contributed by atoms with E-state index in [1.54, 1.807) is 30.8 Å². The summed E-state index contributed by atoms with van der Waals surface area (Å²) in [5.74, 6) is 0.261. The van der Waals surface area contributed by atoms with Gasteiger partial charge in [0.2, 0.25) is 0 Å². The highest BCUT2D eigenvalue weighted by atomic mass is 35.5. The lowest BCUT2D eigenvalue weighted by Crippen LogP contribution is -2.02. The van der Waals surface area contributed by atoms with Gasteiger partial charge in [-0.05, 0) is 19.4 Å². The summed E-state index contributed by atoms with van der Waals surface area (Å²) in [6.45, 7) is 3.72. The molecular weight excluding hydrogens is 282 g/mol. The zero-order valence-corrected chi connectivity index (χ0v) is 12.1. The molecule has 0 N–H and O–H groups in total. The van der Waals surface area contributed by atoms with Crippen LogP contribution in [-0.4, -0.2) is 14.7 Å². The molecule has 0 bridgehead atoms. The summed E-state index contributed by atoms with van der Waals surface area (Å²) in [5, 5.41) is 15.7. The van der Waals surface area contributed by atoms with Crippen LogP contribution in [0.2, 0.25) is 5.15 Å². The lowest BCUT2D eigenvalue weighted by atomic mass is 10.2. The standard InChI is InChI=1S/C13H14ClN3O3/c1-8-5-4-6-11(17(18)19)12(8)20-7-10-9(2)15-16(3)13(10)14/h4-6H,7H2,1-3H3. The van der Waals surface area contributed by atoms with Gasteiger partial charge < -0.3 is 4.74 Å². The van der Waals surface area contributed by atoms with Crippen molar-refractivity contribution < 1.29 is 9.66 Å². The molecule has 0 aliphatic carbocycles. The minimum atomic E-state index is -0.458. The molecule has 1 aromatic heterocycles. The SMILES string of the molecule is Cc1cccc([N+](=O)[O-])c1OCc1c(C)nn(C)c1Cl. The molecule has 2 rings (SSSR count). The van der Waals surface area contributed by atoms with Gasteiger partial charge in [-0.2, -0.15) is 5.10 Å². The van der Waals surface area contributed by atoms with E-state index in [0.717, 1.165) is 11.3 Å². The van der Waals surface area contributed by atoms with E-state index in [4.69, 9.17) is 16.3 Å². The number of aromatic nitrogens is 2. The van der Waals surface area contributed by atoms with Crippen molar-refractivity contribution in [3.8, 4) is 5.75 Å². The van der Waals surface area contributed by atoms with E-state index in [-0.39, 0.29) is 18.0 Å². The second-order valence-electron chi connectivity index (χ2n) is 4.45. The van der Waals surface area contributed by atoms with Crippen molar-refractivity contribution in [3.05, 3.63) is 50.3 Å². The number of nitro benzene ring substituents is 1. The van der Waals surface area contributed by atoms with E-state index in [9.17, 15) is 10.1 Å². The van der Waals surface area contributed by atoms with Gasteiger partial charge in [-0.3, -0.25) is 14.8 Å². The van der Waals surface area contributed by atoms with Gasteiger partial charge >= 0.3 is 5.69 Å². The number of nitro groups is 1. The number of aryl methyl sites for hydroxylation is 3. The lowest BCUT2D eigenvalue weighted by Gasteiger charge is -2.09. The third-order valence-electron chi connectivity index (χ3n) is 3.02. The first-order valence-electron chi connectivity index (χ1n) is 5.96. The average molecular weight is 296 g/mol. The van der Waals surface area contributed by atoms with Crippen molar-refractivity contribution in [2.45, 2.75) is 20.5 Å². The minimum Gasteiger partial charge on any atom is -0.482 e. The molecule has 20 heavy (non-hydrogen) atoms. The van der Waals surface area contributed by atoms with E-state index in [2.05, 4.69) is 5.10 Å². The maximum Gasteiger partial charge on any atom is 0.311 e. The topological polar surface area (TPSA) is 70.2 Å². The second-order valence-corrected chi connectivity index (χ2v) is 4.81. The van der Waals surface area contributed by atoms with Crippen LogP contribution < -0.4 is 4.74 Å². The molecule has 0 saturated carbocycles. The third kappa shape index (κ3) is 2.60. The van der Waals surface area contributed by atoms with Gasteiger partial charge in [0.15, 0.2) is 5.75 Å². The highest BCUT2D eigenvalue weighted by Gasteiger charge is 2.19. The summed E-state index contributed by atoms with van der Waals surface area (Å²) in [4.78, 5) is 10.5. The first-order chi connectivity index (χ1) is 9.41. The van der Waals surface area contributed by atoms with Crippen LogP contribution >= 0.6 is 11.6 Å². The van der Waals surface area contributed by atoms with Crippen LogP contribution in [0.1, 0.15) is 16.8 Å². The van der Waals surface area contributed by atoms with Crippen LogP contribution in [0.15, 0.2) is 18.2 Å². The number of hydrogen-bond donors (Lipinski definition) is 0. The quantitative estimate of drug-likeness (QED) is 0.641. The zero-order valence-electron chi connectivity index (χ0n) is 11.4. The van der Waals surface area contributed by atoms with Gasteiger partial charge in [0.1, 0.15) is 11.8 Å². The predicted molar refractivity (Wildman–Crippen MR) is 75.1 cm³/mol. The molecule has 6 nitrogen and oxygen atoms in total. The Kier molecular flexibility index (Phi) is 3.94. The lowest BCUT2D eigenvalue weighted by molar-refractivity contribution is -0.386. The molecular formula is C13H14ClN3O3. The van der Waals surface area contributed by atoms with Crippen molar-refractivity contribution in [1.82, 2.24) is 9.78 Å². The molecule has 1 heterocycles. The van der Waals surface area contributed by atoms with Gasteiger partial charge in [-0.15, -0.1) is 0 Å². The van der Waals surface area contributed by atoms with Crippen LogP contribution in [-0.2, 0) is 13.7 Å². The normalized spacial score (nSPS) is 10.6. The van der Waals surface area contributed by atoms with E-state index >= 15 is 0 Å². The molecule has 0 aliphatic rings. The van der Waals surface area contributed by atoms with Crippen molar-refractivity contribution in [3.63, 3.8) is 0 Å². The molecule has 7 heteroatoms. The molecule has 1 aromatic carbocycles. The average Bonchev–Trinajstić information content (AvgIpc) is 2.62. The van der Waals surface area contributed by atoms with Crippen molar-refractivity contribution in [1.29, 1.82) is 0 Å². The van der Waals surface area contributed by atoms with Crippen molar-refractivity contribution >= 4 is 17.3 Å². The second kappa shape index (κ2) is 5.50. The van der Waals surface area contributed by atoms with Gasteiger partial charge in [0.05, 0.1) is 10.6 Å². The number of hydrogen-bond acceptors (Lipinski definition) is 4. The Morgan fingerprint density at radius 2 is 2.15 bits per heavy atom. The molecule has 106 valence electrons. The first kappa shape index (κ1) is 14.3. The maximum absolute atomic E-state index is 11.0. The van der Waals surface area contributed by atoms with Crippen LogP contribution in [0.25, 0.3) is 0 Å². The predicted octanol–water partition coefficient (Wildman–Crippen LogP) is 3.18. The highest BCUT2D eigenvalue weighted by molar-refractivity contribution is 6.30. The summed E-state index contributed by atoms with van der Waals surface area (Å²) >= 11 is 6.11. The number of rotatable bonds is 4. The maximum atomic E-state index is 11.0. The van der Waals surface area contributed by atoms with E-state index in [1.807, 2.05) is 6.92 Å². The Morgan fingerprint density at radius 3 is 2.70 bits per heavy atom. The number of halogens is 1. The molecule has 0 unspecified atom stereocenters. The van der Waals surface area contributed by atoms with Crippen LogP contribution in [0.4, 0.5) is 5.69 Å². The fourth-order valence-corrected chi connectivity index (χ4v) is 2.18. The van der Waals surface area contributed by atoms with Crippen LogP contribution in [0.5, 0.6) is 5.75 Å². The van der Waals surface area contributed by atoms with E-state index in [1.165, 1.54) is 6.07 Å². The zero-order chi connectivity index (χ0) is 14.9. The van der Waals surface area contributed by atoms with E-state index in [0.29, 0.717) is 10.7 Å². The van der Waals surface area contributed by atoms with Crippen molar-refractivity contribution in [2.75, 3.05) is 0 Å². The Labute approximate surface area is 121 Å².